The number of aryl methyl sites for hydroxylation is 1. The summed E-state index contributed by atoms with van der Waals surface area (Å²) in [6.45, 7) is 4.61. The van der Waals surface area contributed by atoms with Crippen LogP contribution in [-0.2, 0) is 4.79 Å². The van der Waals surface area contributed by atoms with E-state index < -0.39 is 0 Å². The van der Waals surface area contributed by atoms with Crippen LogP contribution in [0.15, 0.2) is 42.5 Å². The maximum absolute atomic E-state index is 14.0. The summed E-state index contributed by atoms with van der Waals surface area (Å²) in [5.41, 5.74) is 2.84. The molecule has 0 aliphatic carbocycles. The maximum Gasteiger partial charge on any atom is 0.253 e. The van der Waals surface area contributed by atoms with Crippen molar-refractivity contribution >= 4 is 11.8 Å². The van der Waals surface area contributed by atoms with E-state index in [4.69, 9.17) is 0 Å². The highest BCUT2D eigenvalue weighted by atomic mass is 19.1. The van der Waals surface area contributed by atoms with Crippen molar-refractivity contribution in [2.45, 2.75) is 32.7 Å². The minimum absolute atomic E-state index is 0.00543. The van der Waals surface area contributed by atoms with Gasteiger partial charge >= 0.3 is 0 Å². The standard InChI is InChI=1S/C21H23FN2O2/c1-14-5-10-20(22)19(12-14)16-6-8-17(9-7-16)21(26)24-11-3-4-18(13-24)23-15(2)25/h5-10,12,18H,3-4,11,13H2,1-2H3,(H,23,25). The number of nitrogens with zero attached hydrogens (tertiary/aromatic N) is 1. The third-order valence-electron chi connectivity index (χ3n) is 4.68. The number of nitrogens with one attached hydrogen (secondary N) is 1. The van der Waals surface area contributed by atoms with Gasteiger partial charge in [0.15, 0.2) is 0 Å². The van der Waals surface area contributed by atoms with Crippen LogP contribution in [0.25, 0.3) is 11.1 Å². The smallest absolute Gasteiger partial charge is 0.253 e. The molecule has 0 aromatic heterocycles. The Balaban J connectivity index is 1.74. The molecule has 2 aromatic rings. The van der Waals surface area contributed by atoms with E-state index in [0.717, 1.165) is 24.0 Å². The third kappa shape index (κ3) is 4.10. The van der Waals surface area contributed by atoms with Crippen LogP contribution in [0.3, 0.4) is 0 Å². The van der Waals surface area contributed by atoms with Crippen molar-refractivity contribution in [1.29, 1.82) is 0 Å². The van der Waals surface area contributed by atoms with Crippen molar-refractivity contribution in [3.63, 3.8) is 0 Å². The first-order valence-corrected chi connectivity index (χ1v) is 8.87. The van der Waals surface area contributed by atoms with Gasteiger partial charge < -0.3 is 10.2 Å². The number of amides is 2. The van der Waals surface area contributed by atoms with Crippen molar-refractivity contribution in [2.75, 3.05) is 13.1 Å². The molecule has 1 fully saturated rings. The van der Waals surface area contributed by atoms with Gasteiger partial charge in [0.05, 0.1) is 0 Å². The summed E-state index contributed by atoms with van der Waals surface area (Å²) in [7, 11) is 0. The average Bonchev–Trinajstić information content (AvgIpc) is 2.63. The van der Waals surface area contributed by atoms with Gasteiger partial charge in [0.2, 0.25) is 5.91 Å². The fourth-order valence-electron chi connectivity index (χ4n) is 3.40. The van der Waals surface area contributed by atoms with Gasteiger partial charge in [0, 0.05) is 37.2 Å². The predicted octanol–water partition coefficient (Wildman–Crippen LogP) is 3.54. The molecule has 1 unspecified atom stereocenters. The molecule has 2 aromatic carbocycles. The first-order valence-electron chi connectivity index (χ1n) is 8.87. The first kappa shape index (κ1) is 18.1. The van der Waals surface area contributed by atoms with Crippen molar-refractivity contribution < 1.29 is 14.0 Å². The molecule has 0 radical (unpaired) electrons. The van der Waals surface area contributed by atoms with E-state index in [0.29, 0.717) is 24.2 Å². The number of likely N-dealkylation sites (tertiary alicyclic amines) is 1. The van der Waals surface area contributed by atoms with Crippen LogP contribution in [0.1, 0.15) is 35.7 Å². The van der Waals surface area contributed by atoms with Gasteiger partial charge in [-0.3, -0.25) is 9.59 Å². The van der Waals surface area contributed by atoms with Crippen LogP contribution in [0.5, 0.6) is 0 Å². The molecule has 1 aliphatic rings. The summed E-state index contributed by atoms with van der Waals surface area (Å²) >= 11 is 0. The number of piperidine rings is 1. The number of carbonyl (C=O) groups excluding carboxylic acids is 2. The normalized spacial score (nSPS) is 17.0. The van der Waals surface area contributed by atoms with Crippen molar-refractivity contribution in [3.8, 4) is 11.1 Å². The van der Waals surface area contributed by atoms with E-state index in [1.54, 1.807) is 41.3 Å². The van der Waals surface area contributed by atoms with Gasteiger partial charge in [-0.2, -0.15) is 0 Å². The fourth-order valence-corrected chi connectivity index (χ4v) is 3.40. The molecule has 0 spiro atoms. The van der Waals surface area contributed by atoms with Crippen molar-refractivity contribution in [1.82, 2.24) is 10.2 Å². The topological polar surface area (TPSA) is 49.4 Å². The van der Waals surface area contributed by atoms with E-state index in [1.165, 1.54) is 13.0 Å². The highest BCUT2D eigenvalue weighted by Crippen LogP contribution is 2.25. The zero-order valence-electron chi connectivity index (χ0n) is 15.1. The highest BCUT2D eigenvalue weighted by Gasteiger charge is 2.24. The molecule has 1 heterocycles. The molecule has 1 atom stereocenters. The minimum atomic E-state index is -0.274. The number of benzene rings is 2. The Hall–Kier alpha value is -2.69. The predicted molar refractivity (Wildman–Crippen MR) is 99.3 cm³/mol. The number of rotatable bonds is 3. The molecular weight excluding hydrogens is 331 g/mol. The molecule has 0 saturated carbocycles. The molecule has 5 heteroatoms. The highest BCUT2D eigenvalue weighted by molar-refractivity contribution is 5.95. The number of hydrogen-bond acceptors (Lipinski definition) is 2. The van der Waals surface area contributed by atoms with Crippen LogP contribution in [0, 0.1) is 12.7 Å². The first-order chi connectivity index (χ1) is 12.4. The summed E-state index contributed by atoms with van der Waals surface area (Å²) in [5, 5.41) is 2.89. The van der Waals surface area contributed by atoms with E-state index in [2.05, 4.69) is 5.32 Å². The van der Waals surface area contributed by atoms with Gasteiger partial charge in [0.1, 0.15) is 5.82 Å². The summed E-state index contributed by atoms with van der Waals surface area (Å²) in [5.74, 6) is -0.408. The second-order valence-corrected chi connectivity index (χ2v) is 6.85. The molecule has 0 bridgehead atoms. The Kier molecular flexibility index (Phi) is 5.35. The SMILES string of the molecule is CC(=O)NC1CCCN(C(=O)c2ccc(-c3cc(C)ccc3F)cc2)C1. The monoisotopic (exact) mass is 354 g/mol. The van der Waals surface area contributed by atoms with E-state index >= 15 is 0 Å². The van der Waals surface area contributed by atoms with E-state index in [9.17, 15) is 14.0 Å². The zero-order chi connectivity index (χ0) is 18.7. The lowest BCUT2D eigenvalue weighted by Gasteiger charge is -2.33. The number of carbonyl (C=O) groups is 2. The fraction of sp³-hybridized carbons (Fsp3) is 0.333. The van der Waals surface area contributed by atoms with Gasteiger partial charge in [-0.05, 0) is 49.6 Å². The lowest BCUT2D eigenvalue weighted by atomic mass is 10.0. The Morgan fingerprint density at radius 2 is 1.88 bits per heavy atom. The van der Waals surface area contributed by atoms with Crippen LogP contribution >= 0.6 is 0 Å². The Morgan fingerprint density at radius 3 is 2.58 bits per heavy atom. The van der Waals surface area contributed by atoms with Crippen LogP contribution in [0.4, 0.5) is 4.39 Å². The van der Waals surface area contributed by atoms with Gasteiger partial charge in [-0.15, -0.1) is 0 Å². The molecule has 1 aliphatic heterocycles. The van der Waals surface area contributed by atoms with Crippen molar-refractivity contribution in [3.05, 3.63) is 59.4 Å². The van der Waals surface area contributed by atoms with Crippen LogP contribution < -0.4 is 5.32 Å². The third-order valence-corrected chi connectivity index (χ3v) is 4.68. The van der Waals surface area contributed by atoms with E-state index in [1.807, 2.05) is 6.92 Å². The minimum Gasteiger partial charge on any atom is -0.352 e. The lowest BCUT2D eigenvalue weighted by Crippen LogP contribution is -2.49. The molecule has 1 saturated heterocycles. The van der Waals surface area contributed by atoms with Crippen LogP contribution in [0.2, 0.25) is 0 Å². The van der Waals surface area contributed by atoms with Gasteiger partial charge in [-0.25, -0.2) is 4.39 Å². The Bertz CT molecular complexity index is 817. The lowest BCUT2D eigenvalue weighted by molar-refractivity contribution is -0.120. The molecule has 3 rings (SSSR count). The summed E-state index contributed by atoms with van der Waals surface area (Å²) < 4.78 is 14.0. The quantitative estimate of drug-likeness (QED) is 0.916. The summed E-state index contributed by atoms with van der Waals surface area (Å²) in [4.78, 5) is 25.7. The largest absolute Gasteiger partial charge is 0.352 e. The van der Waals surface area contributed by atoms with Crippen LogP contribution in [-0.4, -0.2) is 35.8 Å². The Labute approximate surface area is 153 Å². The molecule has 26 heavy (non-hydrogen) atoms. The summed E-state index contributed by atoms with van der Waals surface area (Å²) in [6, 6.07) is 12.0. The summed E-state index contributed by atoms with van der Waals surface area (Å²) in [6.07, 6.45) is 1.75. The molecule has 1 N–H and O–H groups in total. The van der Waals surface area contributed by atoms with E-state index in [-0.39, 0.29) is 23.7 Å². The molecule has 2 amide bonds. The number of halogens is 1. The second kappa shape index (κ2) is 7.68. The zero-order valence-corrected chi connectivity index (χ0v) is 15.1. The average molecular weight is 354 g/mol. The van der Waals surface area contributed by atoms with Crippen molar-refractivity contribution in [2.24, 2.45) is 0 Å². The molecule has 4 nitrogen and oxygen atoms in total. The maximum atomic E-state index is 14.0. The number of hydrogen-bond donors (Lipinski definition) is 1. The second-order valence-electron chi connectivity index (χ2n) is 6.85. The van der Waals surface area contributed by atoms with Gasteiger partial charge in [0.25, 0.3) is 5.91 Å². The molecular formula is C21H23FN2O2. The van der Waals surface area contributed by atoms with Gasteiger partial charge in [-0.1, -0.05) is 23.8 Å². The Morgan fingerprint density at radius 1 is 1.15 bits per heavy atom. The molecule has 136 valence electrons.